The zero-order chi connectivity index (χ0) is 19.6. The Morgan fingerprint density at radius 1 is 1.30 bits per heavy atom. The van der Waals surface area contributed by atoms with Crippen molar-refractivity contribution in [2.24, 2.45) is 0 Å². The van der Waals surface area contributed by atoms with Gasteiger partial charge in [-0.15, -0.1) is 0 Å². The number of Topliss-reactive ketones (excluding diaryl/α,β-unsaturated/α-hetero) is 1. The summed E-state index contributed by atoms with van der Waals surface area (Å²) in [5.41, 5.74) is 2.78. The Balaban J connectivity index is 2.07. The summed E-state index contributed by atoms with van der Waals surface area (Å²) >= 11 is 9.13. The minimum Gasteiger partial charge on any atom is -0.490 e. The average molecular weight is 453 g/mol. The smallest absolute Gasteiger partial charge is 0.175 e. The standard InChI is InChI=1S/C20H25BrN2O3S/c1-4-9-26-19-13(21)10-12(11-16(19)25-5-2)18-17-14(7-6-8-15(17)24)23(3)20(27)22-18/h10-11,18H,4-9H2,1-3H3,(H,22,27). The predicted molar refractivity (Wildman–Crippen MR) is 113 cm³/mol. The molecule has 1 aliphatic heterocycles. The molecule has 0 bridgehead atoms. The highest BCUT2D eigenvalue weighted by atomic mass is 79.9. The summed E-state index contributed by atoms with van der Waals surface area (Å²) in [6.45, 7) is 5.15. The first kappa shape index (κ1) is 20.1. The van der Waals surface area contributed by atoms with E-state index in [2.05, 4.69) is 28.2 Å². The van der Waals surface area contributed by atoms with E-state index in [0.717, 1.165) is 40.6 Å². The topological polar surface area (TPSA) is 50.8 Å². The highest BCUT2D eigenvalue weighted by molar-refractivity contribution is 9.10. The molecule has 3 rings (SSSR count). The van der Waals surface area contributed by atoms with E-state index < -0.39 is 0 Å². The summed E-state index contributed by atoms with van der Waals surface area (Å²) in [4.78, 5) is 14.7. The van der Waals surface area contributed by atoms with Gasteiger partial charge in [0.1, 0.15) is 0 Å². The van der Waals surface area contributed by atoms with Gasteiger partial charge in [-0.05, 0) is 72.0 Å². The third-order valence-electron chi connectivity index (χ3n) is 4.81. The second-order valence-corrected chi connectivity index (χ2v) is 7.93. The highest BCUT2D eigenvalue weighted by Gasteiger charge is 2.36. The number of nitrogens with one attached hydrogen (secondary N) is 1. The van der Waals surface area contributed by atoms with E-state index >= 15 is 0 Å². The molecular weight excluding hydrogens is 428 g/mol. The molecule has 0 saturated heterocycles. The van der Waals surface area contributed by atoms with Crippen LogP contribution in [0.25, 0.3) is 0 Å². The van der Waals surface area contributed by atoms with E-state index in [0.29, 0.717) is 36.2 Å². The molecule has 0 saturated carbocycles. The third kappa shape index (κ3) is 3.99. The largest absolute Gasteiger partial charge is 0.490 e. The molecule has 0 radical (unpaired) electrons. The summed E-state index contributed by atoms with van der Waals surface area (Å²) in [5.74, 6) is 1.55. The Morgan fingerprint density at radius 3 is 2.78 bits per heavy atom. The lowest BCUT2D eigenvalue weighted by atomic mass is 9.85. The maximum Gasteiger partial charge on any atom is 0.175 e. The zero-order valence-electron chi connectivity index (χ0n) is 15.9. The Morgan fingerprint density at radius 2 is 2.07 bits per heavy atom. The number of ketones is 1. The number of allylic oxidation sites excluding steroid dienone is 1. The number of rotatable bonds is 6. The van der Waals surface area contributed by atoms with Crippen LogP contribution < -0.4 is 14.8 Å². The maximum atomic E-state index is 12.7. The molecule has 2 aliphatic rings. The van der Waals surface area contributed by atoms with Crippen molar-refractivity contribution in [2.75, 3.05) is 20.3 Å². The summed E-state index contributed by atoms with van der Waals surface area (Å²) in [6, 6.07) is 3.68. The number of hydrogen-bond acceptors (Lipinski definition) is 4. The molecule has 0 aromatic heterocycles. The number of nitrogens with zero attached hydrogens (tertiary/aromatic N) is 1. The number of benzene rings is 1. The summed E-state index contributed by atoms with van der Waals surface area (Å²) < 4.78 is 12.5. The minimum absolute atomic E-state index is 0.184. The fourth-order valence-electron chi connectivity index (χ4n) is 3.55. The molecule has 0 spiro atoms. The normalized spacial score (nSPS) is 19.7. The quantitative estimate of drug-likeness (QED) is 0.640. The molecule has 7 heteroatoms. The molecule has 1 N–H and O–H groups in total. The van der Waals surface area contributed by atoms with Crippen molar-refractivity contribution in [1.82, 2.24) is 10.2 Å². The van der Waals surface area contributed by atoms with E-state index in [4.69, 9.17) is 21.7 Å². The Kier molecular flexibility index (Phi) is 6.42. The van der Waals surface area contributed by atoms with Crippen molar-refractivity contribution in [3.63, 3.8) is 0 Å². The monoisotopic (exact) mass is 452 g/mol. The molecule has 1 aliphatic carbocycles. The Hall–Kier alpha value is -1.60. The van der Waals surface area contributed by atoms with Gasteiger partial charge in [0.25, 0.3) is 0 Å². The number of halogens is 1. The molecule has 0 amide bonds. The molecule has 1 aromatic rings. The Labute approximate surface area is 174 Å². The molecule has 146 valence electrons. The zero-order valence-corrected chi connectivity index (χ0v) is 18.3. The summed E-state index contributed by atoms with van der Waals surface area (Å²) in [7, 11) is 1.92. The fraction of sp³-hybridized carbons (Fsp3) is 0.500. The van der Waals surface area contributed by atoms with Crippen LogP contribution in [0.15, 0.2) is 27.9 Å². The van der Waals surface area contributed by atoms with E-state index in [9.17, 15) is 4.79 Å². The second kappa shape index (κ2) is 8.61. The van der Waals surface area contributed by atoms with Gasteiger partial charge in [0.05, 0.1) is 23.7 Å². The maximum absolute atomic E-state index is 12.7. The highest BCUT2D eigenvalue weighted by Crippen LogP contribution is 2.42. The van der Waals surface area contributed by atoms with Crippen molar-refractivity contribution in [3.05, 3.63) is 33.4 Å². The fourth-order valence-corrected chi connectivity index (χ4v) is 4.35. The van der Waals surface area contributed by atoms with Gasteiger partial charge < -0.3 is 19.7 Å². The van der Waals surface area contributed by atoms with E-state index in [1.54, 1.807) is 0 Å². The summed E-state index contributed by atoms with van der Waals surface area (Å²) in [5, 5.41) is 3.97. The van der Waals surface area contributed by atoms with Crippen LogP contribution in [0.3, 0.4) is 0 Å². The first-order chi connectivity index (χ1) is 13.0. The van der Waals surface area contributed by atoms with Gasteiger partial charge >= 0.3 is 0 Å². The van der Waals surface area contributed by atoms with Crippen LogP contribution in [-0.4, -0.2) is 36.1 Å². The number of ether oxygens (including phenoxy) is 2. The summed E-state index contributed by atoms with van der Waals surface area (Å²) in [6.07, 6.45) is 3.23. The number of carbonyl (C=O) groups excluding carboxylic acids is 1. The van der Waals surface area contributed by atoms with Gasteiger partial charge in [-0.3, -0.25) is 4.79 Å². The van der Waals surface area contributed by atoms with Crippen LogP contribution in [0.1, 0.15) is 51.1 Å². The number of hydrogen-bond donors (Lipinski definition) is 1. The SMILES string of the molecule is CCCOc1c(Br)cc(C2NC(=S)N(C)C3=C2C(=O)CCC3)cc1OCC. The lowest BCUT2D eigenvalue weighted by molar-refractivity contribution is -0.116. The van der Waals surface area contributed by atoms with Gasteiger partial charge in [0.2, 0.25) is 0 Å². The van der Waals surface area contributed by atoms with Gasteiger partial charge in [-0.25, -0.2) is 0 Å². The van der Waals surface area contributed by atoms with E-state index in [1.165, 1.54) is 0 Å². The second-order valence-electron chi connectivity index (χ2n) is 6.69. The lowest BCUT2D eigenvalue weighted by Crippen LogP contribution is -2.47. The van der Waals surface area contributed by atoms with Crippen LogP contribution in [0.2, 0.25) is 0 Å². The van der Waals surface area contributed by atoms with Crippen LogP contribution in [0.4, 0.5) is 0 Å². The van der Waals surface area contributed by atoms with Gasteiger partial charge in [-0.2, -0.15) is 0 Å². The first-order valence-electron chi connectivity index (χ1n) is 9.37. The molecule has 27 heavy (non-hydrogen) atoms. The molecule has 1 aromatic carbocycles. The minimum atomic E-state index is -0.271. The molecule has 1 unspecified atom stereocenters. The van der Waals surface area contributed by atoms with Crippen molar-refractivity contribution in [1.29, 1.82) is 0 Å². The third-order valence-corrected chi connectivity index (χ3v) is 5.79. The number of carbonyl (C=O) groups is 1. The number of thiocarbonyl (C=S) groups is 1. The van der Waals surface area contributed by atoms with Crippen molar-refractivity contribution >= 4 is 39.0 Å². The van der Waals surface area contributed by atoms with Gasteiger partial charge in [-0.1, -0.05) is 6.92 Å². The van der Waals surface area contributed by atoms with E-state index in [-0.39, 0.29) is 11.8 Å². The molecule has 5 nitrogen and oxygen atoms in total. The van der Waals surface area contributed by atoms with Crippen LogP contribution in [-0.2, 0) is 4.79 Å². The van der Waals surface area contributed by atoms with E-state index in [1.807, 2.05) is 31.0 Å². The molecule has 0 fully saturated rings. The first-order valence-corrected chi connectivity index (χ1v) is 10.6. The van der Waals surface area contributed by atoms with Crippen molar-refractivity contribution in [2.45, 2.75) is 45.6 Å². The Bertz CT molecular complexity index is 794. The van der Waals surface area contributed by atoms with Crippen molar-refractivity contribution in [3.8, 4) is 11.5 Å². The van der Waals surface area contributed by atoms with Crippen LogP contribution in [0.5, 0.6) is 11.5 Å². The molecule has 1 heterocycles. The van der Waals surface area contributed by atoms with Gasteiger partial charge in [0.15, 0.2) is 22.4 Å². The molecule has 1 atom stereocenters. The predicted octanol–water partition coefficient (Wildman–Crippen LogP) is 4.50. The van der Waals surface area contributed by atoms with Crippen LogP contribution in [0, 0.1) is 0 Å². The molecular formula is C20H25BrN2O3S. The lowest BCUT2D eigenvalue weighted by Gasteiger charge is -2.39. The van der Waals surface area contributed by atoms with Gasteiger partial charge in [0, 0.05) is 24.7 Å². The average Bonchev–Trinajstić information content (AvgIpc) is 2.64. The van der Waals surface area contributed by atoms with Crippen molar-refractivity contribution < 1.29 is 14.3 Å². The van der Waals surface area contributed by atoms with Crippen LogP contribution >= 0.6 is 28.1 Å².